The highest BCUT2D eigenvalue weighted by atomic mass is 79.9. The van der Waals surface area contributed by atoms with Gasteiger partial charge in [0.05, 0.1) is 6.10 Å². The maximum absolute atomic E-state index is 13.4. The number of aliphatic hydroxyl groups excluding tert-OH is 1. The van der Waals surface area contributed by atoms with Crippen molar-refractivity contribution in [2.24, 2.45) is 0 Å². The van der Waals surface area contributed by atoms with Crippen LogP contribution in [-0.4, -0.2) is 5.11 Å². The van der Waals surface area contributed by atoms with Crippen LogP contribution in [0.4, 0.5) is 4.39 Å². The van der Waals surface area contributed by atoms with E-state index >= 15 is 0 Å². The average molecular weight is 372 g/mol. The molecule has 21 heavy (non-hydrogen) atoms. The molecule has 1 aliphatic rings. The lowest BCUT2D eigenvalue weighted by Gasteiger charge is -2.39. The minimum Gasteiger partial charge on any atom is -0.482 e. The first-order chi connectivity index (χ1) is 9.89. The van der Waals surface area contributed by atoms with Gasteiger partial charge in [-0.3, -0.25) is 0 Å². The smallest absolute Gasteiger partial charge is 0.135 e. The zero-order valence-corrected chi connectivity index (χ0v) is 13.6. The molecule has 5 heteroatoms. The van der Waals surface area contributed by atoms with Crippen LogP contribution in [0, 0.1) is 5.82 Å². The monoisotopic (exact) mass is 370 g/mol. The molecule has 0 saturated carbocycles. The third kappa shape index (κ3) is 2.68. The Hall–Kier alpha value is -1.10. The number of fused-ring (bicyclic) bond motifs is 1. The van der Waals surface area contributed by atoms with Crippen LogP contribution in [0.3, 0.4) is 0 Å². The lowest BCUT2D eigenvalue weighted by molar-refractivity contribution is -0.00507. The van der Waals surface area contributed by atoms with Gasteiger partial charge in [-0.15, -0.1) is 0 Å². The zero-order chi connectivity index (χ0) is 15.2. The van der Waals surface area contributed by atoms with Crippen LogP contribution in [0.2, 0.25) is 5.02 Å². The first-order valence-corrected chi connectivity index (χ1v) is 7.68. The van der Waals surface area contributed by atoms with Gasteiger partial charge in [0.15, 0.2) is 0 Å². The van der Waals surface area contributed by atoms with Crippen molar-refractivity contribution >= 4 is 27.5 Å². The van der Waals surface area contributed by atoms with Crippen LogP contribution >= 0.6 is 27.5 Å². The van der Waals surface area contributed by atoms with Gasteiger partial charge in [-0.05, 0) is 31.2 Å². The first-order valence-electron chi connectivity index (χ1n) is 6.51. The summed E-state index contributed by atoms with van der Waals surface area (Å²) in [6.07, 6.45) is -0.369. The van der Waals surface area contributed by atoms with E-state index in [1.165, 1.54) is 12.1 Å². The van der Waals surface area contributed by atoms with Crippen LogP contribution in [-0.2, 0) is 5.60 Å². The fraction of sp³-hybridized carbons (Fsp3) is 0.250. The third-order valence-electron chi connectivity index (χ3n) is 3.75. The van der Waals surface area contributed by atoms with E-state index in [2.05, 4.69) is 15.9 Å². The quantitative estimate of drug-likeness (QED) is 0.766. The fourth-order valence-electron chi connectivity index (χ4n) is 2.72. The summed E-state index contributed by atoms with van der Waals surface area (Å²) in [5.74, 6) is -0.0395. The van der Waals surface area contributed by atoms with E-state index in [9.17, 15) is 9.50 Å². The van der Waals surface area contributed by atoms with Crippen LogP contribution < -0.4 is 4.74 Å². The molecule has 0 fully saturated rings. The highest BCUT2D eigenvalue weighted by Crippen LogP contribution is 2.46. The molecule has 0 amide bonds. The van der Waals surface area contributed by atoms with Crippen molar-refractivity contribution in [1.82, 2.24) is 0 Å². The van der Waals surface area contributed by atoms with Gasteiger partial charge in [-0.25, -0.2) is 4.39 Å². The van der Waals surface area contributed by atoms with Crippen LogP contribution in [0.5, 0.6) is 5.75 Å². The van der Waals surface area contributed by atoms with E-state index in [0.29, 0.717) is 22.8 Å². The number of halogens is 3. The van der Waals surface area contributed by atoms with Gasteiger partial charge in [0, 0.05) is 33.1 Å². The van der Waals surface area contributed by atoms with Crippen molar-refractivity contribution < 1.29 is 14.2 Å². The van der Waals surface area contributed by atoms with E-state index in [1.54, 1.807) is 12.1 Å². The fourth-order valence-corrected chi connectivity index (χ4v) is 3.59. The van der Waals surface area contributed by atoms with E-state index in [4.69, 9.17) is 16.3 Å². The number of rotatable bonds is 1. The topological polar surface area (TPSA) is 29.5 Å². The maximum atomic E-state index is 13.4. The number of hydrogen-bond donors (Lipinski definition) is 1. The maximum Gasteiger partial charge on any atom is 0.135 e. The van der Waals surface area contributed by atoms with Crippen molar-refractivity contribution in [3.63, 3.8) is 0 Å². The minimum atomic E-state index is -0.808. The lowest BCUT2D eigenvalue weighted by Crippen LogP contribution is -2.36. The van der Waals surface area contributed by atoms with Gasteiger partial charge in [0.25, 0.3) is 0 Å². The second-order valence-electron chi connectivity index (χ2n) is 5.36. The second-order valence-corrected chi connectivity index (χ2v) is 6.68. The molecule has 110 valence electrons. The SMILES string of the molecule is CC1(c2ccc(Br)cc2Cl)C[C@@H](O)c2ccc(F)cc2O1. The summed E-state index contributed by atoms with van der Waals surface area (Å²) in [6.45, 7) is 1.85. The molecule has 3 rings (SSSR count). The van der Waals surface area contributed by atoms with E-state index < -0.39 is 17.5 Å². The molecule has 0 radical (unpaired) electrons. The predicted molar refractivity (Wildman–Crippen MR) is 83.1 cm³/mol. The molecule has 1 N–H and O–H groups in total. The van der Waals surface area contributed by atoms with Gasteiger partial charge in [-0.2, -0.15) is 0 Å². The summed E-state index contributed by atoms with van der Waals surface area (Å²) in [7, 11) is 0. The highest BCUT2D eigenvalue weighted by Gasteiger charge is 2.39. The first kappa shape index (κ1) is 14.8. The molecule has 0 aliphatic carbocycles. The zero-order valence-electron chi connectivity index (χ0n) is 11.2. The molecule has 1 unspecified atom stereocenters. The molecule has 2 aromatic carbocycles. The number of hydrogen-bond acceptors (Lipinski definition) is 2. The lowest BCUT2D eigenvalue weighted by atomic mass is 9.85. The van der Waals surface area contributed by atoms with Crippen LogP contribution in [0.25, 0.3) is 0 Å². The van der Waals surface area contributed by atoms with Crippen LogP contribution in [0.15, 0.2) is 40.9 Å². The van der Waals surface area contributed by atoms with Gasteiger partial charge in [-0.1, -0.05) is 33.6 Å². The molecule has 1 aliphatic heterocycles. The summed E-state index contributed by atoms with van der Waals surface area (Å²) in [5, 5.41) is 10.9. The Morgan fingerprint density at radius 2 is 2.10 bits per heavy atom. The molecule has 0 spiro atoms. The normalized spacial score (nSPS) is 24.3. The van der Waals surface area contributed by atoms with Crippen molar-refractivity contribution in [1.29, 1.82) is 0 Å². The molecule has 0 saturated heterocycles. The van der Waals surface area contributed by atoms with E-state index in [0.717, 1.165) is 10.0 Å². The summed E-state index contributed by atoms with van der Waals surface area (Å²) in [5.41, 5.74) is 0.557. The number of benzene rings is 2. The second kappa shape index (κ2) is 5.27. The van der Waals surface area contributed by atoms with Gasteiger partial charge in [0.2, 0.25) is 0 Å². The summed E-state index contributed by atoms with van der Waals surface area (Å²) in [6, 6.07) is 9.66. The standard InChI is InChI=1S/C16H13BrClFO2/c1-16(12-5-2-9(17)6-13(12)18)8-14(20)11-4-3-10(19)7-15(11)21-16/h2-7,14,20H,8H2,1H3/t14-,16?/m1/s1. The highest BCUT2D eigenvalue weighted by molar-refractivity contribution is 9.10. The Morgan fingerprint density at radius 3 is 2.81 bits per heavy atom. The molecule has 2 nitrogen and oxygen atoms in total. The third-order valence-corrected chi connectivity index (χ3v) is 4.56. The largest absolute Gasteiger partial charge is 0.482 e. The minimum absolute atomic E-state index is 0.354. The number of ether oxygens (including phenoxy) is 1. The molecule has 2 atom stereocenters. The van der Waals surface area contributed by atoms with Crippen molar-refractivity contribution in [2.45, 2.75) is 25.0 Å². The molecule has 1 heterocycles. The molecule has 0 bridgehead atoms. The van der Waals surface area contributed by atoms with Crippen LogP contribution in [0.1, 0.15) is 30.6 Å². The van der Waals surface area contributed by atoms with Crippen molar-refractivity contribution in [3.05, 3.63) is 62.8 Å². The Bertz CT molecular complexity index is 707. The molecule has 0 aromatic heterocycles. The van der Waals surface area contributed by atoms with Crippen molar-refractivity contribution in [3.8, 4) is 5.75 Å². The number of aliphatic hydroxyl groups is 1. The summed E-state index contributed by atoms with van der Waals surface area (Å²) < 4.78 is 20.3. The Morgan fingerprint density at radius 1 is 1.33 bits per heavy atom. The Kier molecular flexibility index (Phi) is 3.72. The van der Waals surface area contributed by atoms with Crippen molar-refractivity contribution in [2.75, 3.05) is 0 Å². The summed E-state index contributed by atoms with van der Waals surface area (Å²) in [4.78, 5) is 0. The van der Waals surface area contributed by atoms with Gasteiger partial charge < -0.3 is 9.84 Å². The van der Waals surface area contributed by atoms with E-state index in [1.807, 2.05) is 19.1 Å². The predicted octanol–water partition coefficient (Wildman–Crippen LogP) is 4.97. The Labute approximate surface area is 135 Å². The summed E-state index contributed by atoms with van der Waals surface area (Å²) >= 11 is 9.65. The molecular weight excluding hydrogens is 359 g/mol. The Balaban J connectivity index is 2.07. The molecular formula is C16H13BrClFO2. The molecule has 2 aromatic rings. The average Bonchev–Trinajstić information content (AvgIpc) is 2.37. The van der Waals surface area contributed by atoms with E-state index in [-0.39, 0.29) is 0 Å². The van der Waals surface area contributed by atoms with Gasteiger partial charge in [0.1, 0.15) is 17.2 Å². The van der Waals surface area contributed by atoms with Gasteiger partial charge >= 0.3 is 0 Å².